The van der Waals surface area contributed by atoms with Gasteiger partial charge in [0, 0.05) is 37.4 Å². The third-order valence-electron chi connectivity index (χ3n) is 11.3. The SMILES string of the molecule is CC(C)Cc1cc(-c2[c-]cccc2)nc[c]1[Ge]([CH3])([CH3])[CH3].CC(C)c1c[c-]c(-c2nc3ccccc3n2-c2ccc(-c3ccccc3)cc2C(C)(C)C)c2oc3ncccc3c12.[Ir]. The van der Waals surface area contributed by atoms with Crippen molar-refractivity contribution in [3.05, 3.63) is 163 Å². The fourth-order valence-corrected chi connectivity index (χ4v) is 11.7. The summed E-state index contributed by atoms with van der Waals surface area (Å²) in [5, 5.41) is 2.11. The molecule has 0 fully saturated rings. The molecule has 9 aromatic rings. The zero-order valence-electron chi connectivity index (χ0n) is 37.6. The number of rotatable bonds is 8. The fourth-order valence-electron chi connectivity index (χ4n) is 8.36. The van der Waals surface area contributed by atoms with E-state index in [4.69, 9.17) is 14.4 Å². The Hall–Kier alpha value is -5.14. The smallest absolute Gasteiger partial charge is 0.216 e. The molecule has 0 unspecified atom stereocenters. The number of aromatic nitrogens is 4. The fraction of sp³-hybridized carbons (Fsp3) is 0.255. The van der Waals surface area contributed by atoms with Crippen molar-refractivity contribution in [1.82, 2.24) is 19.5 Å². The number of benzene rings is 5. The summed E-state index contributed by atoms with van der Waals surface area (Å²) in [5.41, 5.74) is 13.7. The number of furan rings is 1. The molecular formula is C55H56GeIrN4O-2. The maximum absolute atomic E-state index is 6.49. The number of imidazole rings is 1. The summed E-state index contributed by atoms with van der Waals surface area (Å²) in [4.78, 5) is 14.5. The molecule has 0 aliphatic heterocycles. The van der Waals surface area contributed by atoms with E-state index in [2.05, 4.69) is 185 Å². The minimum atomic E-state index is -1.86. The van der Waals surface area contributed by atoms with Crippen molar-refractivity contribution < 1.29 is 24.5 Å². The molecule has 4 aromatic heterocycles. The second kappa shape index (κ2) is 18.3. The van der Waals surface area contributed by atoms with Crippen molar-refractivity contribution in [1.29, 1.82) is 0 Å². The second-order valence-corrected chi connectivity index (χ2v) is 29.5. The molecule has 5 aromatic carbocycles. The minimum absolute atomic E-state index is 0. The van der Waals surface area contributed by atoms with Crippen LogP contribution in [-0.2, 0) is 31.9 Å². The van der Waals surface area contributed by atoms with Crippen molar-refractivity contribution in [2.45, 2.75) is 83.5 Å². The Kier molecular flexibility index (Phi) is 13.3. The Balaban J connectivity index is 0.000000233. The quantitative estimate of drug-likeness (QED) is 0.112. The van der Waals surface area contributed by atoms with Crippen molar-refractivity contribution in [2.75, 3.05) is 0 Å². The first-order valence-corrected chi connectivity index (χ1v) is 28.9. The largest absolute Gasteiger partial charge is 0.486 e. The van der Waals surface area contributed by atoms with Gasteiger partial charge in [-0.2, -0.15) is 0 Å². The maximum atomic E-state index is 6.49. The Morgan fingerprint density at radius 1 is 0.774 bits per heavy atom. The molecule has 0 amide bonds. The van der Waals surface area contributed by atoms with Crippen LogP contribution in [0.4, 0.5) is 0 Å². The summed E-state index contributed by atoms with van der Waals surface area (Å²) in [6.45, 7) is 15.8. The molecule has 62 heavy (non-hydrogen) atoms. The van der Waals surface area contributed by atoms with Crippen LogP contribution in [0.2, 0.25) is 17.3 Å². The first-order chi connectivity index (χ1) is 29.2. The monoisotopic (exact) mass is 1060 g/mol. The zero-order valence-corrected chi connectivity index (χ0v) is 42.1. The molecule has 4 heterocycles. The standard InChI is InChI=1S/C37H32N3O.C18H24GeN.Ir/c1-23(2)26-18-19-28(34-33(26)27-14-11-21-38-36(27)41-34)35-39-30-15-9-10-16-32(30)40(35)31-20-17-25(22-29(31)37(3,4)5)24-12-7-6-8-13-24;1-14(2)11-16-12-18(15-9-7-6-8-10-15)20-13-17(16)19(3,4)5;/h6-18,20-23H,1-5H3;6-9,12-14H,11H2,1-5H3;/q2*-1;. The Morgan fingerprint density at radius 2 is 1.52 bits per heavy atom. The third-order valence-corrected chi connectivity index (χ3v) is 15.7. The summed E-state index contributed by atoms with van der Waals surface area (Å²) in [5.74, 6) is 9.11. The number of fused-ring (bicyclic) bond motifs is 4. The van der Waals surface area contributed by atoms with Gasteiger partial charge in [0.1, 0.15) is 0 Å². The number of para-hydroxylation sites is 2. The first kappa shape index (κ1) is 44.9. The summed E-state index contributed by atoms with van der Waals surface area (Å²) >= 11 is -1.86. The molecule has 317 valence electrons. The van der Waals surface area contributed by atoms with Crippen LogP contribution in [0.25, 0.3) is 72.6 Å². The molecule has 9 rings (SSSR count). The molecule has 0 bridgehead atoms. The van der Waals surface area contributed by atoms with Gasteiger partial charge in [-0.25, -0.2) is 4.98 Å². The molecule has 0 aliphatic carbocycles. The Labute approximate surface area is 383 Å². The van der Waals surface area contributed by atoms with Gasteiger partial charge in [-0.05, 0) is 58.5 Å². The van der Waals surface area contributed by atoms with Crippen LogP contribution in [0.1, 0.15) is 71.1 Å². The molecule has 0 spiro atoms. The van der Waals surface area contributed by atoms with E-state index in [1.165, 1.54) is 27.8 Å². The summed E-state index contributed by atoms with van der Waals surface area (Å²) in [6, 6.07) is 49.1. The van der Waals surface area contributed by atoms with E-state index >= 15 is 0 Å². The van der Waals surface area contributed by atoms with Gasteiger partial charge in [-0.1, -0.05) is 100 Å². The molecular weight excluding hydrogens is 997 g/mol. The average Bonchev–Trinajstić information content (AvgIpc) is 3.82. The van der Waals surface area contributed by atoms with E-state index in [0.717, 1.165) is 62.1 Å². The van der Waals surface area contributed by atoms with Crippen LogP contribution in [0, 0.1) is 18.1 Å². The molecule has 0 aliphatic rings. The molecule has 7 heteroatoms. The predicted octanol–water partition coefficient (Wildman–Crippen LogP) is 14.2. The van der Waals surface area contributed by atoms with E-state index in [9.17, 15) is 0 Å². The van der Waals surface area contributed by atoms with E-state index in [1.807, 2.05) is 30.3 Å². The molecule has 0 saturated heterocycles. The van der Waals surface area contributed by atoms with Crippen molar-refractivity contribution >= 4 is 50.8 Å². The van der Waals surface area contributed by atoms with Gasteiger partial charge in [-0.3, -0.25) is 4.98 Å². The van der Waals surface area contributed by atoms with Crippen LogP contribution >= 0.6 is 0 Å². The second-order valence-electron chi connectivity index (χ2n) is 18.9. The van der Waals surface area contributed by atoms with E-state index in [1.54, 1.807) is 10.6 Å². The first-order valence-electron chi connectivity index (χ1n) is 21.6. The van der Waals surface area contributed by atoms with Crippen molar-refractivity contribution in [3.8, 4) is 39.5 Å². The average molecular weight is 1050 g/mol. The number of hydrogen-bond donors (Lipinski definition) is 0. The Bertz CT molecular complexity index is 2970. The van der Waals surface area contributed by atoms with Gasteiger partial charge in [-0.15, -0.1) is 17.7 Å². The zero-order chi connectivity index (χ0) is 43.1. The summed E-state index contributed by atoms with van der Waals surface area (Å²) < 4.78 is 10.3. The normalized spacial score (nSPS) is 11.9. The minimum Gasteiger partial charge on any atom is -0.486 e. The molecule has 0 saturated carbocycles. The van der Waals surface area contributed by atoms with E-state index < -0.39 is 13.3 Å². The third kappa shape index (κ3) is 9.15. The number of hydrogen-bond acceptors (Lipinski definition) is 4. The molecule has 0 atom stereocenters. The van der Waals surface area contributed by atoms with Gasteiger partial charge in [0.25, 0.3) is 0 Å². The number of nitrogens with zero attached hydrogens (tertiary/aromatic N) is 4. The van der Waals surface area contributed by atoms with E-state index in [0.29, 0.717) is 17.5 Å². The predicted molar refractivity (Wildman–Crippen MR) is 259 cm³/mol. The van der Waals surface area contributed by atoms with Crippen LogP contribution in [0.5, 0.6) is 0 Å². The van der Waals surface area contributed by atoms with Crippen molar-refractivity contribution in [2.24, 2.45) is 5.92 Å². The van der Waals surface area contributed by atoms with Gasteiger partial charge >= 0.3 is 126 Å². The maximum Gasteiger partial charge on any atom is 0.216 e. The molecule has 1 radical (unpaired) electrons. The van der Waals surface area contributed by atoms with Crippen molar-refractivity contribution in [3.63, 3.8) is 0 Å². The van der Waals surface area contributed by atoms with Gasteiger partial charge in [0.05, 0.1) is 22.4 Å². The Morgan fingerprint density at radius 3 is 2.21 bits per heavy atom. The molecule has 5 nitrogen and oxygen atoms in total. The topological polar surface area (TPSA) is 56.7 Å². The van der Waals surface area contributed by atoms with E-state index in [-0.39, 0.29) is 25.5 Å². The summed E-state index contributed by atoms with van der Waals surface area (Å²) in [7, 11) is 0. The van der Waals surface area contributed by atoms with Gasteiger partial charge in [0.15, 0.2) is 0 Å². The van der Waals surface area contributed by atoms with Crippen LogP contribution < -0.4 is 4.40 Å². The van der Waals surface area contributed by atoms with Crippen LogP contribution in [-0.4, -0.2) is 32.8 Å². The van der Waals surface area contributed by atoms with Gasteiger partial charge in [0.2, 0.25) is 5.71 Å². The van der Waals surface area contributed by atoms with Gasteiger partial charge < -0.3 is 8.98 Å². The molecule has 0 N–H and O–H groups in total. The number of pyridine rings is 2. The van der Waals surface area contributed by atoms with Crippen LogP contribution in [0.3, 0.4) is 0 Å². The summed E-state index contributed by atoms with van der Waals surface area (Å²) in [6.07, 6.45) is 5.05. The van der Waals surface area contributed by atoms with Crippen LogP contribution in [0.15, 0.2) is 138 Å².